The van der Waals surface area contributed by atoms with E-state index < -0.39 is 0 Å². The lowest BCUT2D eigenvalue weighted by Crippen LogP contribution is -1.92. The second-order valence-electron chi connectivity index (χ2n) is 3.46. The fourth-order valence-electron chi connectivity index (χ4n) is 1.28. The number of aromatic nitrogens is 2. The van der Waals surface area contributed by atoms with Gasteiger partial charge in [-0.15, -0.1) is 0 Å². The van der Waals surface area contributed by atoms with Gasteiger partial charge in [0.25, 0.3) is 0 Å². The lowest BCUT2D eigenvalue weighted by molar-refractivity contribution is 0.971. The highest BCUT2D eigenvalue weighted by Crippen LogP contribution is 2.28. The van der Waals surface area contributed by atoms with Crippen LogP contribution in [0.25, 0.3) is 0 Å². The minimum absolute atomic E-state index is 0.812. The highest BCUT2D eigenvalue weighted by Gasteiger charge is 2.05. The number of rotatable bonds is 4. The average Bonchev–Trinajstić information content (AvgIpc) is 2.76. The zero-order valence-electron chi connectivity index (χ0n) is 9.31. The van der Waals surface area contributed by atoms with Crippen LogP contribution in [0, 0.1) is 0 Å². The highest BCUT2D eigenvalue weighted by atomic mass is 79.9. The van der Waals surface area contributed by atoms with E-state index >= 15 is 0 Å². The summed E-state index contributed by atoms with van der Waals surface area (Å²) in [5, 5.41) is 0. The first kappa shape index (κ1) is 12.9. The van der Waals surface area contributed by atoms with Crippen LogP contribution in [-0.2, 0) is 12.2 Å². The molecule has 0 bridgehead atoms. The number of nitrogens with two attached hydrogens (primary N) is 1. The van der Waals surface area contributed by atoms with Crippen molar-refractivity contribution in [2.45, 2.75) is 23.4 Å². The predicted molar refractivity (Wildman–Crippen MR) is 77.4 cm³/mol. The number of anilines is 1. The van der Waals surface area contributed by atoms with Crippen LogP contribution in [0.2, 0.25) is 0 Å². The van der Waals surface area contributed by atoms with Crippen molar-refractivity contribution in [2.75, 3.05) is 5.73 Å². The number of hydrogen-bond donors (Lipinski definition) is 1. The molecule has 90 valence electrons. The third kappa shape index (κ3) is 3.43. The summed E-state index contributed by atoms with van der Waals surface area (Å²) in [6.45, 7) is 2.06. The Morgan fingerprint density at radius 2 is 2.29 bits per heavy atom. The molecule has 0 aliphatic rings. The fraction of sp³-hybridized carbons (Fsp3) is 0.273. The van der Waals surface area contributed by atoms with Crippen LogP contribution in [0.4, 0.5) is 5.69 Å². The van der Waals surface area contributed by atoms with Gasteiger partial charge in [-0.2, -0.15) is 4.37 Å². The van der Waals surface area contributed by atoms with E-state index in [4.69, 9.17) is 5.73 Å². The Morgan fingerprint density at radius 1 is 1.47 bits per heavy atom. The van der Waals surface area contributed by atoms with Gasteiger partial charge in [0.05, 0.1) is 0 Å². The third-order valence-corrected chi connectivity index (χ3v) is 4.64. The summed E-state index contributed by atoms with van der Waals surface area (Å²) in [4.78, 5) is 4.41. The minimum Gasteiger partial charge on any atom is -0.398 e. The van der Waals surface area contributed by atoms with Crippen molar-refractivity contribution >= 4 is 44.9 Å². The number of halogens is 1. The van der Waals surface area contributed by atoms with E-state index in [1.807, 2.05) is 18.2 Å². The molecule has 0 saturated carbocycles. The number of aryl methyl sites for hydroxylation is 1. The molecule has 2 N–H and O–H groups in total. The summed E-state index contributed by atoms with van der Waals surface area (Å²) in [6.07, 6.45) is 0.886. The third-order valence-electron chi connectivity index (χ3n) is 2.22. The van der Waals surface area contributed by atoms with Gasteiger partial charge in [0.2, 0.25) is 0 Å². The standard InChI is InChI=1S/C11H12BrN3S2/c1-2-10-14-11(17-15-10)16-6-7-3-4-8(12)5-9(7)13/h3-5H,2,6,13H2,1H3. The van der Waals surface area contributed by atoms with Crippen molar-refractivity contribution in [2.24, 2.45) is 0 Å². The first-order valence-corrected chi connectivity index (χ1v) is 7.73. The smallest absolute Gasteiger partial charge is 0.170 e. The van der Waals surface area contributed by atoms with E-state index in [1.54, 1.807) is 11.8 Å². The summed E-state index contributed by atoms with van der Waals surface area (Å²) in [6, 6.07) is 5.96. The summed E-state index contributed by atoms with van der Waals surface area (Å²) >= 11 is 6.53. The Morgan fingerprint density at radius 3 is 2.94 bits per heavy atom. The largest absolute Gasteiger partial charge is 0.398 e. The Bertz CT molecular complexity index is 513. The molecular weight excluding hydrogens is 318 g/mol. The molecule has 0 amide bonds. The van der Waals surface area contributed by atoms with Gasteiger partial charge in [-0.05, 0) is 29.2 Å². The summed E-state index contributed by atoms with van der Waals surface area (Å²) in [5.74, 6) is 1.75. The van der Waals surface area contributed by atoms with E-state index in [0.717, 1.165) is 38.1 Å². The Labute approximate surface area is 117 Å². The highest BCUT2D eigenvalue weighted by molar-refractivity contribution is 9.10. The zero-order valence-corrected chi connectivity index (χ0v) is 12.5. The molecule has 2 rings (SSSR count). The molecule has 0 unspecified atom stereocenters. The molecule has 0 radical (unpaired) electrons. The van der Waals surface area contributed by atoms with Crippen LogP contribution >= 0.6 is 39.2 Å². The maximum atomic E-state index is 5.94. The lowest BCUT2D eigenvalue weighted by Gasteiger charge is -2.04. The molecule has 6 heteroatoms. The van der Waals surface area contributed by atoms with Crippen molar-refractivity contribution in [1.29, 1.82) is 0 Å². The fourth-order valence-corrected chi connectivity index (χ4v) is 3.37. The molecule has 0 saturated heterocycles. The maximum absolute atomic E-state index is 5.94. The molecule has 0 spiro atoms. The Balaban J connectivity index is 2.02. The van der Waals surface area contributed by atoms with E-state index in [1.165, 1.54) is 11.5 Å². The molecule has 1 aromatic carbocycles. The van der Waals surface area contributed by atoms with Gasteiger partial charge in [0.15, 0.2) is 4.34 Å². The van der Waals surface area contributed by atoms with Crippen molar-refractivity contribution in [3.8, 4) is 0 Å². The predicted octanol–water partition coefficient (Wildman–Crippen LogP) is 3.74. The van der Waals surface area contributed by atoms with Gasteiger partial charge < -0.3 is 5.73 Å². The monoisotopic (exact) mass is 329 g/mol. The lowest BCUT2D eigenvalue weighted by atomic mass is 10.2. The van der Waals surface area contributed by atoms with E-state index in [-0.39, 0.29) is 0 Å². The molecular formula is C11H12BrN3S2. The number of hydrogen-bond acceptors (Lipinski definition) is 5. The second-order valence-corrected chi connectivity index (χ2v) is 6.35. The minimum atomic E-state index is 0.812. The molecule has 3 nitrogen and oxygen atoms in total. The van der Waals surface area contributed by atoms with Crippen LogP contribution in [0.3, 0.4) is 0 Å². The van der Waals surface area contributed by atoms with E-state index in [2.05, 4.69) is 32.2 Å². The van der Waals surface area contributed by atoms with Gasteiger partial charge in [-0.3, -0.25) is 0 Å². The number of nitrogen functional groups attached to an aromatic ring is 1. The molecule has 0 aliphatic carbocycles. The van der Waals surface area contributed by atoms with Crippen LogP contribution in [0.15, 0.2) is 27.0 Å². The quantitative estimate of drug-likeness (QED) is 0.685. The summed E-state index contributed by atoms with van der Waals surface area (Å²) < 4.78 is 6.27. The van der Waals surface area contributed by atoms with Crippen molar-refractivity contribution < 1.29 is 0 Å². The van der Waals surface area contributed by atoms with Gasteiger partial charge in [-0.25, -0.2) is 4.98 Å². The normalized spacial score (nSPS) is 10.7. The molecule has 1 aromatic heterocycles. The maximum Gasteiger partial charge on any atom is 0.170 e. The van der Waals surface area contributed by atoms with Gasteiger partial charge in [0, 0.05) is 22.3 Å². The van der Waals surface area contributed by atoms with Crippen LogP contribution in [0.5, 0.6) is 0 Å². The first-order valence-electron chi connectivity index (χ1n) is 5.18. The van der Waals surface area contributed by atoms with Crippen molar-refractivity contribution in [3.05, 3.63) is 34.1 Å². The van der Waals surface area contributed by atoms with E-state index in [9.17, 15) is 0 Å². The molecule has 0 aliphatic heterocycles. The second kappa shape index (κ2) is 5.84. The average molecular weight is 330 g/mol. The van der Waals surface area contributed by atoms with Gasteiger partial charge in [0.1, 0.15) is 5.82 Å². The molecule has 2 aromatic rings. The Kier molecular flexibility index (Phi) is 4.42. The van der Waals surface area contributed by atoms with Crippen LogP contribution in [0.1, 0.15) is 18.3 Å². The summed E-state index contributed by atoms with van der Waals surface area (Å²) in [7, 11) is 0. The SMILES string of the molecule is CCc1nsc(SCc2ccc(Br)cc2N)n1. The summed E-state index contributed by atoms with van der Waals surface area (Å²) in [5.41, 5.74) is 7.88. The van der Waals surface area contributed by atoms with Crippen molar-refractivity contribution in [1.82, 2.24) is 9.36 Å². The molecule has 1 heterocycles. The zero-order chi connectivity index (χ0) is 12.3. The first-order chi connectivity index (χ1) is 8.19. The van der Waals surface area contributed by atoms with Gasteiger partial charge >= 0.3 is 0 Å². The van der Waals surface area contributed by atoms with Gasteiger partial charge in [-0.1, -0.05) is 40.7 Å². The number of nitrogens with zero attached hydrogens (tertiary/aromatic N) is 2. The number of thioether (sulfide) groups is 1. The molecule has 17 heavy (non-hydrogen) atoms. The molecule has 0 fully saturated rings. The van der Waals surface area contributed by atoms with Crippen molar-refractivity contribution in [3.63, 3.8) is 0 Å². The number of benzene rings is 1. The van der Waals surface area contributed by atoms with Crippen LogP contribution in [-0.4, -0.2) is 9.36 Å². The van der Waals surface area contributed by atoms with Crippen LogP contribution < -0.4 is 5.73 Å². The van der Waals surface area contributed by atoms with E-state index in [0.29, 0.717) is 0 Å². The Hall–Kier alpha value is -0.590. The topological polar surface area (TPSA) is 51.8 Å². The molecule has 0 atom stereocenters.